The summed E-state index contributed by atoms with van der Waals surface area (Å²) < 4.78 is 11.1. The van der Waals surface area contributed by atoms with Gasteiger partial charge >= 0.3 is 0 Å². The van der Waals surface area contributed by atoms with E-state index in [1.165, 1.54) is 5.56 Å². The fourth-order valence-corrected chi connectivity index (χ4v) is 2.94. The highest BCUT2D eigenvalue weighted by molar-refractivity contribution is 5.81. The number of hydrogen-bond donors (Lipinski definition) is 1. The van der Waals surface area contributed by atoms with Gasteiger partial charge in [-0.1, -0.05) is 74.8 Å². The number of nitrogens with zero attached hydrogens (tertiary/aromatic N) is 2. The quantitative estimate of drug-likeness (QED) is 0.608. The lowest BCUT2D eigenvalue weighted by Gasteiger charge is -2.20. The van der Waals surface area contributed by atoms with Crippen molar-refractivity contribution in [2.24, 2.45) is 0 Å². The molecule has 30 heavy (non-hydrogen) atoms. The highest BCUT2D eigenvalue weighted by Crippen LogP contribution is 2.25. The van der Waals surface area contributed by atoms with Crippen LogP contribution in [-0.2, 0) is 16.8 Å². The van der Waals surface area contributed by atoms with E-state index in [-0.39, 0.29) is 17.9 Å². The topological polar surface area (TPSA) is 77.2 Å². The number of ether oxygens (including phenoxy) is 1. The van der Waals surface area contributed by atoms with E-state index < -0.39 is 6.10 Å². The number of nitrogens with one attached hydrogen (secondary N) is 1. The number of hydrogen-bond acceptors (Lipinski definition) is 5. The molecule has 1 aromatic heterocycles. The van der Waals surface area contributed by atoms with Crippen LogP contribution in [0.15, 0.2) is 53.1 Å². The minimum Gasteiger partial charge on any atom is -0.481 e. The Morgan fingerprint density at radius 2 is 1.77 bits per heavy atom. The van der Waals surface area contributed by atoms with Gasteiger partial charge in [-0.3, -0.25) is 4.79 Å². The molecular formula is C24H29N3O3. The van der Waals surface area contributed by atoms with Crippen LogP contribution in [-0.4, -0.2) is 22.2 Å². The Hall–Kier alpha value is -3.15. The largest absolute Gasteiger partial charge is 0.481 e. The van der Waals surface area contributed by atoms with Crippen LogP contribution >= 0.6 is 0 Å². The monoisotopic (exact) mass is 407 g/mol. The first-order valence-electron chi connectivity index (χ1n) is 10.2. The van der Waals surface area contributed by atoms with E-state index in [9.17, 15) is 4.79 Å². The second kappa shape index (κ2) is 9.11. The molecule has 1 heterocycles. The molecule has 0 aliphatic rings. The standard InChI is InChI=1S/C24H29N3O3/c1-6-20(29-19-13-11-18(12-14-19)24(3,4)5)23(28)25-15-21-26-22(27-30-21)17-9-7-16(2)8-10-17/h7-14,20H,6,15H2,1-5H3,(H,25,28)/t20-/m0/s1. The Bertz CT molecular complexity index is 970. The van der Waals surface area contributed by atoms with Crippen molar-refractivity contribution in [2.45, 2.75) is 59.1 Å². The number of benzene rings is 2. The molecule has 0 unspecified atom stereocenters. The zero-order valence-corrected chi connectivity index (χ0v) is 18.2. The van der Waals surface area contributed by atoms with Gasteiger partial charge in [0.2, 0.25) is 11.7 Å². The van der Waals surface area contributed by atoms with Gasteiger partial charge in [-0.25, -0.2) is 0 Å². The maximum Gasteiger partial charge on any atom is 0.261 e. The van der Waals surface area contributed by atoms with Crippen molar-refractivity contribution in [3.05, 3.63) is 65.5 Å². The van der Waals surface area contributed by atoms with Gasteiger partial charge < -0.3 is 14.6 Å². The Kier molecular flexibility index (Phi) is 6.55. The molecule has 6 heteroatoms. The third-order valence-electron chi connectivity index (χ3n) is 4.85. The fraction of sp³-hybridized carbons (Fsp3) is 0.375. The van der Waals surface area contributed by atoms with E-state index in [0.717, 1.165) is 11.1 Å². The molecule has 0 spiro atoms. The summed E-state index contributed by atoms with van der Waals surface area (Å²) in [4.78, 5) is 16.9. The number of amides is 1. The van der Waals surface area contributed by atoms with Crippen LogP contribution in [0.2, 0.25) is 0 Å². The summed E-state index contributed by atoms with van der Waals surface area (Å²) in [6, 6.07) is 15.7. The predicted molar refractivity (Wildman–Crippen MR) is 116 cm³/mol. The lowest BCUT2D eigenvalue weighted by Crippen LogP contribution is -2.37. The van der Waals surface area contributed by atoms with Crippen LogP contribution in [0.5, 0.6) is 5.75 Å². The van der Waals surface area contributed by atoms with Gasteiger partial charge in [-0.2, -0.15) is 4.98 Å². The minimum absolute atomic E-state index is 0.0710. The van der Waals surface area contributed by atoms with Gasteiger partial charge in [0.1, 0.15) is 5.75 Å². The van der Waals surface area contributed by atoms with Gasteiger partial charge in [-0.05, 0) is 36.5 Å². The molecule has 3 rings (SSSR count). The maximum absolute atomic E-state index is 12.6. The first-order valence-corrected chi connectivity index (χ1v) is 10.2. The molecule has 1 atom stereocenters. The van der Waals surface area contributed by atoms with Crippen LogP contribution in [0.3, 0.4) is 0 Å². The molecule has 0 saturated carbocycles. The molecule has 6 nitrogen and oxygen atoms in total. The lowest BCUT2D eigenvalue weighted by atomic mass is 9.87. The molecule has 0 fully saturated rings. The predicted octanol–water partition coefficient (Wildman–Crippen LogP) is 4.82. The maximum atomic E-state index is 12.6. The average Bonchev–Trinajstić information content (AvgIpc) is 3.19. The second-order valence-electron chi connectivity index (χ2n) is 8.38. The van der Waals surface area contributed by atoms with Crippen molar-refractivity contribution >= 4 is 5.91 Å². The lowest BCUT2D eigenvalue weighted by molar-refractivity contribution is -0.128. The minimum atomic E-state index is -0.593. The molecule has 0 saturated heterocycles. The van der Waals surface area contributed by atoms with E-state index in [1.807, 2.05) is 62.4 Å². The summed E-state index contributed by atoms with van der Waals surface area (Å²) >= 11 is 0. The third kappa shape index (κ3) is 5.47. The molecule has 0 aliphatic carbocycles. The first kappa shape index (κ1) is 21.6. The van der Waals surface area contributed by atoms with Gasteiger partial charge in [0, 0.05) is 5.56 Å². The second-order valence-corrected chi connectivity index (χ2v) is 8.38. The third-order valence-corrected chi connectivity index (χ3v) is 4.85. The van der Waals surface area contributed by atoms with E-state index in [0.29, 0.717) is 23.9 Å². The first-order chi connectivity index (χ1) is 14.3. The SMILES string of the molecule is CC[C@H](Oc1ccc(C(C)(C)C)cc1)C(=O)NCc1nc(-c2ccc(C)cc2)no1. The van der Waals surface area contributed by atoms with Crippen LogP contribution in [0, 0.1) is 6.92 Å². The molecule has 2 aromatic carbocycles. The molecule has 0 radical (unpaired) electrons. The number of aromatic nitrogens is 2. The highest BCUT2D eigenvalue weighted by Gasteiger charge is 2.20. The molecule has 158 valence electrons. The fourth-order valence-electron chi connectivity index (χ4n) is 2.94. The zero-order valence-electron chi connectivity index (χ0n) is 18.2. The van der Waals surface area contributed by atoms with E-state index in [4.69, 9.17) is 9.26 Å². The van der Waals surface area contributed by atoms with Crippen molar-refractivity contribution in [3.63, 3.8) is 0 Å². The normalized spacial score (nSPS) is 12.4. The Morgan fingerprint density at radius 3 is 2.37 bits per heavy atom. The number of aryl methyl sites for hydroxylation is 1. The Labute approximate surface area is 177 Å². The van der Waals surface area contributed by atoms with Crippen LogP contribution in [0.1, 0.15) is 51.1 Å². The average molecular weight is 408 g/mol. The van der Waals surface area contributed by atoms with Crippen molar-refractivity contribution in [1.29, 1.82) is 0 Å². The molecule has 1 N–H and O–H groups in total. The number of rotatable bonds is 7. The van der Waals surface area contributed by atoms with Crippen molar-refractivity contribution in [3.8, 4) is 17.1 Å². The smallest absolute Gasteiger partial charge is 0.261 e. The summed E-state index contributed by atoms with van der Waals surface area (Å²) in [6.45, 7) is 10.6. The summed E-state index contributed by atoms with van der Waals surface area (Å²) in [5.41, 5.74) is 3.32. The van der Waals surface area contributed by atoms with Crippen LogP contribution < -0.4 is 10.1 Å². The van der Waals surface area contributed by atoms with Crippen molar-refractivity contribution in [2.75, 3.05) is 0 Å². The summed E-state index contributed by atoms with van der Waals surface area (Å²) in [7, 11) is 0. The number of carbonyl (C=O) groups is 1. The Morgan fingerprint density at radius 1 is 1.10 bits per heavy atom. The molecule has 0 aliphatic heterocycles. The van der Waals surface area contributed by atoms with E-state index in [1.54, 1.807) is 0 Å². The highest BCUT2D eigenvalue weighted by atomic mass is 16.5. The molecule has 3 aromatic rings. The van der Waals surface area contributed by atoms with Crippen molar-refractivity contribution < 1.29 is 14.1 Å². The van der Waals surface area contributed by atoms with E-state index in [2.05, 4.69) is 36.2 Å². The van der Waals surface area contributed by atoms with Crippen molar-refractivity contribution in [1.82, 2.24) is 15.5 Å². The van der Waals surface area contributed by atoms with Crippen LogP contribution in [0.25, 0.3) is 11.4 Å². The summed E-state index contributed by atoms with van der Waals surface area (Å²) in [5.74, 6) is 1.31. The molecule has 0 bridgehead atoms. The van der Waals surface area contributed by atoms with Gasteiger partial charge in [-0.15, -0.1) is 0 Å². The van der Waals surface area contributed by atoms with Gasteiger partial charge in [0.25, 0.3) is 5.91 Å². The Balaban J connectivity index is 1.57. The molecule has 1 amide bonds. The van der Waals surface area contributed by atoms with E-state index >= 15 is 0 Å². The van der Waals surface area contributed by atoms with Gasteiger partial charge in [0.15, 0.2) is 6.10 Å². The molecular weight excluding hydrogens is 378 g/mol. The zero-order chi connectivity index (χ0) is 21.7. The van der Waals surface area contributed by atoms with Crippen LogP contribution in [0.4, 0.5) is 0 Å². The summed E-state index contributed by atoms with van der Waals surface area (Å²) in [6.07, 6.45) is -0.0457. The summed E-state index contributed by atoms with van der Waals surface area (Å²) in [5, 5.41) is 6.81. The number of carbonyl (C=O) groups excluding carboxylic acids is 1. The van der Waals surface area contributed by atoms with Gasteiger partial charge in [0.05, 0.1) is 6.54 Å².